The van der Waals surface area contributed by atoms with E-state index in [1.807, 2.05) is 43.3 Å². The molecule has 2 aliphatic rings. The first kappa shape index (κ1) is 17.2. The van der Waals surface area contributed by atoms with Crippen molar-refractivity contribution in [1.82, 2.24) is 14.8 Å². The van der Waals surface area contributed by atoms with Gasteiger partial charge in [0.05, 0.1) is 0 Å². The molecule has 0 fully saturated rings. The second kappa shape index (κ2) is 6.42. The molecule has 30 heavy (non-hydrogen) atoms. The zero-order chi connectivity index (χ0) is 20.2. The molecular weight excluding hydrogens is 376 g/mol. The minimum Gasteiger partial charge on any atom is -0.464 e. The normalized spacial score (nSPS) is 18.3. The summed E-state index contributed by atoms with van der Waals surface area (Å²) in [6.07, 6.45) is 2.23. The van der Waals surface area contributed by atoms with Gasteiger partial charge in [0.25, 0.3) is 0 Å². The van der Waals surface area contributed by atoms with Crippen molar-refractivity contribution in [3.8, 4) is 11.4 Å². The highest BCUT2D eigenvalue weighted by Gasteiger charge is 2.38. The van der Waals surface area contributed by atoms with Gasteiger partial charge in [-0.3, -0.25) is 4.79 Å². The summed E-state index contributed by atoms with van der Waals surface area (Å²) in [5.74, 6) is 2.95. The molecule has 1 aliphatic carbocycles. The van der Waals surface area contributed by atoms with Crippen LogP contribution in [0.15, 0.2) is 70.3 Å². The van der Waals surface area contributed by atoms with Gasteiger partial charge in [-0.15, -0.1) is 5.10 Å². The predicted octanol–water partition coefficient (Wildman–Crippen LogP) is 5.02. The molecule has 1 unspecified atom stereocenters. The van der Waals surface area contributed by atoms with E-state index < -0.39 is 6.04 Å². The molecule has 0 saturated heterocycles. The number of anilines is 1. The molecule has 6 rings (SSSR count). The van der Waals surface area contributed by atoms with Crippen LogP contribution in [0.4, 0.5) is 5.95 Å². The highest BCUT2D eigenvalue weighted by Crippen LogP contribution is 2.41. The third-order valence-electron chi connectivity index (χ3n) is 5.93. The van der Waals surface area contributed by atoms with Crippen LogP contribution in [-0.4, -0.2) is 20.5 Å². The molecule has 148 valence electrons. The summed E-state index contributed by atoms with van der Waals surface area (Å²) in [5.41, 5.74) is 2.66. The van der Waals surface area contributed by atoms with Gasteiger partial charge in [0.2, 0.25) is 5.95 Å². The molecular formula is C24H20N4O2. The molecule has 0 spiro atoms. The highest BCUT2D eigenvalue weighted by molar-refractivity contribution is 5.99. The standard InChI is InChI=1S/C24H20N4O2/c1-14-12-13-20(30-14)22-21-18(10-5-11-19(21)29)25-24-26-23(27-28(22)24)17-9-4-7-15-6-2-3-8-16(15)17/h2-4,6-9,12-13,22H,5,10-11H2,1H3,(H,25,26,27). The predicted molar refractivity (Wildman–Crippen MR) is 114 cm³/mol. The number of hydrogen-bond acceptors (Lipinski definition) is 5. The second-order valence-electron chi connectivity index (χ2n) is 7.88. The fourth-order valence-electron chi connectivity index (χ4n) is 4.55. The van der Waals surface area contributed by atoms with Gasteiger partial charge < -0.3 is 9.73 Å². The molecule has 1 N–H and O–H groups in total. The number of aryl methyl sites for hydroxylation is 1. The van der Waals surface area contributed by atoms with Crippen molar-refractivity contribution in [3.05, 3.63) is 77.4 Å². The lowest BCUT2D eigenvalue weighted by Crippen LogP contribution is -2.31. The largest absolute Gasteiger partial charge is 0.464 e. The molecule has 6 nitrogen and oxygen atoms in total. The van der Waals surface area contributed by atoms with Gasteiger partial charge in [-0.05, 0) is 42.7 Å². The Morgan fingerprint density at radius 1 is 1.07 bits per heavy atom. The van der Waals surface area contributed by atoms with E-state index in [9.17, 15) is 4.79 Å². The number of fused-ring (bicyclic) bond motifs is 2. The van der Waals surface area contributed by atoms with Crippen molar-refractivity contribution in [2.45, 2.75) is 32.2 Å². The maximum Gasteiger partial charge on any atom is 0.227 e. The monoisotopic (exact) mass is 396 g/mol. The first-order valence-corrected chi connectivity index (χ1v) is 10.2. The number of ketones is 1. The summed E-state index contributed by atoms with van der Waals surface area (Å²) < 4.78 is 7.76. The summed E-state index contributed by atoms with van der Waals surface area (Å²) in [6.45, 7) is 1.91. The van der Waals surface area contributed by atoms with Crippen LogP contribution < -0.4 is 5.32 Å². The van der Waals surface area contributed by atoms with Gasteiger partial charge >= 0.3 is 0 Å². The maximum absolute atomic E-state index is 12.9. The van der Waals surface area contributed by atoms with E-state index in [2.05, 4.69) is 23.5 Å². The van der Waals surface area contributed by atoms with E-state index in [-0.39, 0.29) is 5.78 Å². The van der Waals surface area contributed by atoms with Crippen molar-refractivity contribution in [3.63, 3.8) is 0 Å². The number of rotatable bonds is 2. The van der Waals surface area contributed by atoms with Gasteiger partial charge in [0.1, 0.15) is 17.6 Å². The molecule has 0 amide bonds. The lowest BCUT2D eigenvalue weighted by Gasteiger charge is -2.30. The molecule has 4 aromatic rings. The molecule has 0 saturated carbocycles. The zero-order valence-corrected chi connectivity index (χ0v) is 16.6. The molecule has 2 aromatic heterocycles. The summed E-state index contributed by atoms with van der Waals surface area (Å²) in [5, 5.41) is 10.5. The number of furan rings is 1. The average Bonchev–Trinajstić information content (AvgIpc) is 3.38. The summed E-state index contributed by atoms with van der Waals surface area (Å²) in [6, 6.07) is 17.8. The second-order valence-corrected chi connectivity index (χ2v) is 7.88. The first-order chi connectivity index (χ1) is 14.7. The Hall–Kier alpha value is -3.67. The van der Waals surface area contributed by atoms with Gasteiger partial charge in [-0.25, -0.2) is 4.68 Å². The van der Waals surface area contributed by atoms with Crippen LogP contribution in [-0.2, 0) is 4.79 Å². The fourth-order valence-corrected chi connectivity index (χ4v) is 4.55. The third kappa shape index (κ3) is 2.53. The van der Waals surface area contributed by atoms with E-state index in [1.165, 1.54) is 0 Å². The number of nitrogens with one attached hydrogen (secondary N) is 1. The number of allylic oxidation sites excluding steroid dienone is 2. The minimum absolute atomic E-state index is 0.149. The van der Waals surface area contributed by atoms with Crippen LogP contribution in [0.1, 0.15) is 36.8 Å². The van der Waals surface area contributed by atoms with Crippen LogP contribution in [0.25, 0.3) is 22.2 Å². The van der Waals surface area contributed by atoms with Crippen LogP contribution >= 0.6 is 0 Å². The molecule has 2 aromatic carbocycles. The number of nitrogens with zero attached hydrogens (tertiary/aromatic N) is 3. The van der Waals surface area contributed by atoms with Crippen LogP contribution in [0.3, 0.4) is 0 Å². The Morgan fingerprint density at radius 2 is 1.93 bits per heavy atom. The Bertz CT molecular complexity index is 1340. The first-order valence-electron chi connectivity index (χ1n) is 10.2. The lowest BCUT2D eigenvalue weighted by molar-refractivity contribution is -0.116. The number of benzene rings is 2. The lowest BCUT2D eigenvalue weighted by atomic mass is 9.88. The Balaban J connectivity index is 1.55. The topological polar surface area (TPSA) is 73.0 Å². The summed E-state index contributed by atoms with van der Waals surface area (Å²) in [4.78, 5) is 17.7. The Labute approximate surface area is 173 Å². The number of hydrogen-bond donors (Lipinski definition) is 1. The zero-order valence-electron chi connectivity index (χ0n) is 16.6. The number of Topliss-reactive ketones (excluding diaryl/α,β-unsaturated/α-hetero) is 1. The molecule has 0 bridgehead atoms. The Morgan fingerprint density at radius 3 is 2.80 bits per heavy atom. The van der Waals surface area contributed by atoms with Crippen molar-refractivity contribution in [2.24, 2.45) is 0 Å². The smallest absolute Gasteiger partial charge is 0.227 e. The number of carbonyl (C=O) groups excluding carboxylic acids is 1. The van der Waals surface area contributed by atoms with E-state index in [0.29, 0.717) is 24.0 Å². The molecule has 0 radical (unpaired) electrons. The molecule has 1 aliphatic heterocycles. The fraction of sp³-hybridized carbons (Fsp3) is 0.208. The number of carbonyl (C=O) groups is 1. The summed E-state index contributed by atoms with van der Waals surface area (Å²) >= 11 is 0. The molecule has 1 atom stereocenters. The van der Waals surface area contributed by atoms with Gasteiger partial charge in [0.15, 0.2) is 11.6 Å². The van der Waals surface area contributed by atoms with Gasteiger partial charge in [0, 0.05) is 23.3 Å². The van der Waals surface area contributed by atoms with E-state index in [4.69, 9.17) is 14.5 Å². The van der Waals surface area contributed by atoms with E-state index in [0.717, 1.165) is 46.2 Å². The molecule has 6 heteroatoms. The highest BCUT2D eigenvalue weighted by atomic mass is 16.3. The van der Waals surface area contributed by atoms with Crippen LogP contribution in [0, 0.1) is 6.92 Å². The van der Waals surface area contributed by atoms with Crippen LogP contribution in [0.2, 0.25) is 0 Å². The quantitative estimate of drug-likeness (QED) is 0.515. The average molecular weight is 396 g/mol. The minimum atomic E-state index is -0.394. The van der Waals surface area contributed by atoms with Gasteiger partial charge in [-0.1, -0.05) is 42.5 Å². The third-order valence-corrected chi connectivity index (χ3v) is 5.93. The SMILES string of the molecule is Cc1ccc(C2C3=C(CCCC3=O)Nc3nc(-c4cccc5ccccc45)nn32)o1. The number of aromatic nitrogens is 3. The van der Waals surface area contributed by atoms with E-state index >= 15 is 0 Å². The summed E-state index contributed by atoms with van der Waals surface area (Å²) in [7, 11) is 0. The molecule has 3 heterocycles. The van der Waals surface area contributed by atoms with Crippen molar-refractivity contribution < 1.29 is 9.21 Å². The van der Waals surface area contributed by atoms with Crippen LogP contribution in [0.5, 0.6) is 0 Å². The van der Waals surface area contributed by atoms with Crippen molar-refractivity contribution in [2.75, 3.05) is 5.32 Å². The van der Waals surface area contributed by atoms with Crippen molar-refractivity contribution >= 4 is 22.5 Å². The Kier molecular flexibility index (Phi) is 3.68. The van der Waals surface area contributed by atoms with Crippen molar-refractivity contribution in [1.29, 1.82) is 0 Å². The van der Waals surface area contributed by atoms with Gasteiger partial charge in [-0.2, -0.15) is 4.98 Å². The maximum atomic E-state index is 12.9. The van der Waals surface area contributed by atoms with E-state index in [1.54, 1.807) is 4.68 Å².